The average Bonchev–Trinajstić information content (AvgIpc) is 2.41. The van der Waals surface area contributed by atoms with Crippen LogP contribution in [-0.2, 0) is 10.0 Å². The van der Waals surface area contributed by atoms with Crippen molar-refractivity contribution >= 4 is 10.0 Å². The zero-order valence-electron chi connectivity index (χ0n) is 11.7. The quantitative estimate of drug-likeness (QED) is 0.928. The van der Waals surface area contributed by atoms with Crippen LogP contribution in [0.5, 0.6) is 0 Å². The molecular weight excluding hydrogens is 281 g/mol. The molecule has 1 aliphatic rings. The molecule has 1 fully saturated rings. The van der Waals surface area contributed by atoms with E-state index in [0.717, 1.165) is 12.5 Å². The van der Waals surface area contributed by atoms with E-state index < -0.39 is 21.9 Å². The maximum Gasteiger partial charge on any atom is 0.243 e. The minimum atomic E-state index is -3.70. The summed E-state index contributed by atoms with van der Waals surface area (Å²) in [6, 6.07) is 3.79. The number of halogens is 1. The van der Waals surface area contributed by atoms with Gasteiger partial charge >= 0.3 is 0 Å². The standard InChI is InChI=1S/C14H20FNO3S/c1-3-11-9-16(7-6-13(11)17)20(18,19)14-8-12(15)5-4-10(14)2/h4-5,8,11,13,17H,3,6-7,9H2,1-2H3. The van der Waals surface area contributed by atoms with Crippen LogP contribution in [0.15, 0.2) is 23.1 Å². The highest BCUT2D eigenvalue weighted by molar-refractivity contribution is 7.89. The molecule has 0 aromatic heterocycles. The van der Waals surface area contributed by atoms with E-state index in [4.69, 9.17) is 0 Å². The van der Waals surface area contributed by atoms with E-state index in [-0.39, 0.29) is 23.9 Å². The molecule has 0 aliphatic carbocycles. The molecule has 1 aromatic rings. The highest BCUT2D eigenvalue weighted by atomic mass is 32.2. The van der Waals surface area contributed by atoms with Crippen LogP contribution >= 0.6 is 0 Å². The third-order valence-electron chi connectivity index (χ3n) is 3.95. The Kier molecular flexibility index (Phi) is 4.46. The molecule has 2 rings (SSSR count). The van der Waals surface area contributed by atoms with E-state index in [1.54, 1.807) is 6.92 Å². The molecule has 1 aromatic carbocycles. The third-order valence-corrected chi connectivity index (χ3v) is 5.96. The SMILES string of the molecule is CCC1CN(S(=O)(=O)c2cc(F)ccc2C)CCC1O. The Morgan fingerprint density at radius 1 is 1.45 bits per heavy atom. The van der Waals surface area contributed by atoms with Crippen LogP contribution in [0.2, 0.25) is 0 Å². The van der Waals surface area contributed by atoms with Gasteiger partial charge in [0.05, 0.1) is 11.0 Å². The van der Waals surface area contributed by atoms with Crippen molar-refractivity contribution in [3.63, 3.8) is 0 Å². The number of hydrogen-bond donors (Lipinski definition) is 1. The number of nitrogens with zero attached hydrogens (tertiary/aromatic N) is 1. The number of sulfonamides is 1. The van der Waals surface area contributed by atoms with Gasteiger partial charge in [-0.25, -0.2) is 12.8 Å². The zero-order valence-corrected chi connectivity index (χ0v) is 12.5. The van der Waals surface area contributed by atoms with Gasteiger partial charge in [-0.2, -0.15) is 4.31 Å². The number of hydrogen-bond acceptors (Lipinski definition) is 3. The van der Waals surface area contributed by atoms with Gasteiger partial charge in [-0.05, 0) is 43.4 Å². The van der Waals surface area contributed by atoms with Gasteiger partial charge in [-0.1, -0.05) is 13.0 Å². The molecule has 0 amide bonds. The van der Waals surface area contributed by atoms with Crippen LogP contribution in [0.1, 0.15) is 25.3 Å². The molecular formula is C14H20FNO3S. The number of aliphatic hydroxyl groups is 1. The summed E-state index contributed by atoms with van der Waals surface area (Å²) in [7, 11) is -3.70. The first kappa shape index (κ1) is 15.4. The molecule has 2 unspecified atom stereocenters. The van der Waals surface area contributed by atoms with E-state index in [0.29, 0.717) is 12.0 Å². The Hall–Kier alpha value is -0.980. The first-order valence-corrected chi connectivity index (χ1v) is 8.24. The van der Waals surface area contributed by atoms with Gasteiger partial charge in [-0.15, -0.1) is 0 Å². The second kappa shape index (κ2) is 5.79. The average molecular weight is 301 g/mol. The summed E-state index contributed by atoms with van der Waals surface area (Å²) in [5, 5.41) is 9.84. The molecule has 0 radical (unpaired) electrons. The fourth-order valence-electron chi connectivity index (χ4n) is 2.60. The second-order valence-corrected chi connectivity index (χ2v) is 7.20. The molecule has 0 saturated carbocycles. The summed E-state index contributed by atoms with van der Waals surface area (Å²) >= 11 is 0. The van der Waals surface area contributed by atoms with Crippen LogP contribution in [0.25, 0.3) is 0 Å². The van der Waals surface area contributed by atoms with E-state index in [1.165, 1.54) is 16.4 Å². The van der Waals surface area contributed by atoms with Crippen molar-refractivity contribution < 1.29 is 17.9 Å². The molecule has 2 atom stereocenters. The lowest BCUT2D eigenvalue weighted by Crippen LogP contribution is -2.45. The molecule has 1 heterocycles. The highest BCUT2D eigenvalue weighted by Gasteiger charge is 2.34. The van der Waals surface area contributed by atoms with Gasteiger partial charge in [0.1, 0.15) is 5.82 Å². The second-order valence-electron chi connectivity index (χ2n) is 5.30. The highest BCUT2D eigenvalue weighted by Crippen LogP contribution is 2.27. The molecule has 4 nitrogen and oxygen atoms in total. The van der Waals surface area contributed by atoms with Gasteiger partial charge in [-0.3, -0.25) is 0 Å². The lowest BCUT2D eigenvalue weighted by Gasteiger charge is -2.35. The van der Waals surface area contributed by atoms with Crippen LogP contribution in [0.4, 0.5) is 4.39 Å². The van der Waals surface area contributed by atoms with Crippen molar-refractivity contribution in [2.24, 2.45) is 5.92 Å². The Bertz CT molecular complexity index is 588. The predicted octanol–water partition coefficient (Wildman–Crippen LogP) is 1.92. The summed E-state index contributed by atoms with van der Waals surface area (Å²) in [5.74, 6) is -0.620. The maximum absolute atomic E-state index is 13.3. The van der Waals surface area contributed by atoms with Crippen molar-refractivity contribution in [3.05, 3.63) is 29.6 Å². The van der Waals surface area contributed by atoms with Crippen LogP contribution in [-0.4, -0.2) is 37.0 Å². The Morgan fingerprint density at radius 2 is 2.15 bits per heavy atom. The van der Waals surface area contributed by atoms with Gasteiger partial charge in [0, 0.05) is 13.1 Å². The molecule has 0 spiro atoms. The number of benzene rings is 1. The Morgan fingerprint density at radius 3 is 2.80 bits per heavy atom. The minimum absolute atomic E-state index is 0.0174. The molecule has 0 bridgehead atoms. The number of piperidine rings is 1. The van der Waals surface area contributed by atoms with Gasteiger partial charge < -0.3 is 5.11 Å². The van der Waals surface area contributed by atoms with E-state index in [9.17, 15) is 17.9 Å². The third kappa shape index (κ3) is 2.87. The lowest BCUT2D eigenvalue weighted by molar-refractivity contribution is 0.0520. The molecule has 112 valence electrons. The van der Waals surface area contributed by atoms with Crippen molar-refractivity contribution in [3.8, 4) is 0 Å². The summed E-state index contributed by atoms with van der Waals surface area (Å²) < 4.78 is 39.9. The Balaban J connectivity index is 2.33. The minimum Gasteiger partial charge on any atom is -0.393 e. The molecule has 20 heavy (non-hydrogen) atoms. The monoisotopic (exact) mass is 301 g/mol. The molecule has 1 saturated heterocycles. The lowest BCUT2D eigenvalue weighted by atomic mass is 9.94. The predicted molar refractivity (Wildman–Crippen MR) is 74.3 cm³/mol. The smallest absolute Gasteiger partial charge is 0.243 e. The van der Waals surface area contributed by atoms with Crippen molar-refractivity contribution in [1.82, 2.24) is 4.31 Å². The van der Waals surface area contributed by atoms with E-state index >= 15 is 0 Å². The van der Waals surface area contributed by atoms with Gasteiger partial charge in [0.2, 0.25) is 10.0 Å². The van der Waals surface area contributed by atoms with Gasteiger partial charge in [0.25, 0.3) is 0 Å². The number of aryl methyl sites for hydroxylation is 1. The largest absolute Gasteiger partial charge is 0.393 e. The van der Waals surface area contributed by atoms with Gasteiger partial charge in [0.15, 0.2) is 0 Å². The summed E-state index contributed by atoms with van der Waals surface area (Å²) in [6.45, 7) is 4.14. The maximum atomic E-state index is 13.3. The van der Waals surface area contributed by atoms with E-state index in [1.807, 2.05) is 6.92 Å². The molecule has 6 heteroatoms. The fourth-order valence-corrected chi connectivity index (χ4v) is 4.34. The van der Waals surface area contributed by atoms with Crippen LogP contribution < -0.4 is 0 Å². The first-order valence-electron chi connectivity index (χ1n) is 6.80. The number of rotatable bonds is 3. The van der Waals surface area contributed by atoms with Crippen molar-refractivity contribution in [2.75, 3.05) is 13.1 Å². The fraction of sp³-hybridized carbons (Fsp3) is 0.571. The normalized spacial score (nSPS) is 24.8. The summed E-state index contributed by atoms with van der Waals surface area (Å²) in [5.41, 5.74) is 0.533. The summed E-state index contributed by atoms with van der Waals surface area (Å²) in [4.78, 5) is 0.0174. The van der Waals surface area contributed by atoms with Crippen molar-refractivity contribution in [1.29, 1.82) is 0 Å². The zero-order chi connectivity index (χ0) is 14.9. The van der Waals surface area contributed by atoms with Crippen molar-refractivity contribution in [2.45, 2.75) is 37.7 Å². The van der Waals surface area contributed by atoms with Crippen LogP contribution in [0.3, 0.4) is 0 Å². The summed E-state index contributed by atoms with van der Waals surface area (Å²) in [6.07, 6.45) is 0.682. The number of aliphatic hydroxyl groups excluding tert-OH is 1. The first-order chi connectivity index (χ1) is 9.36. The molecule has 1 N–H and O–H groups in total. The Labute approximate surface area is 119 Å². The van der Waals surface area contributed by atoms with Crippen LogP contribution in [0, 0.1) is 18.7 Å². The molecule has 1 aliphatic heterocycles. The topological polar surface area (TPSA) is 57.6 Å². The van der Waals surface area contributed by atoms with E-state index in [2.05, 4.69) is 0 Å².